The van der Waals surface area contributed by atoms with Gasteiger partial charge in [-0.2, -0.15) is 0 Å². The van der Waals surface area contributed by atoms with Crippen LogP contribution in [0.15, 0.2) is 18.2 Å². The SMILES string of the molecule is COc1ccc(CN2CCN(CCC(=O)O)CC2)cc1OC.Cl. The van der Waals surface area contributed by atoms with Gasteiger partial charge in [-0.15, -0.1) is 12.4 Å². The standard InChI is InChI=1S/C16H24N2O4.ClH/c1-21-14-4-3-13(11-15(14)22-2)12-18-9-7-17(8-10-18)6-5-16(19)20;/h3-4,11H,5-10,12H2,1-2H3,(H,19,20);1H. The van der Waals surface area contributed by atoms with Crippen LogP contribution in [0.3, 0.4) is 0 Å². The Morgan fingerprint density at radius 2 is 1.70 bits per heavy atom. The number of halogens is 1. The van der Waals surface area contributed by atoms with Gasteiger partial charge in [-0.05, 0) is 17.7 Å². The van der Waals surface area contributed by atoms with Crippen LogP contribution in [0.25, 0.3) is 0 Å². The molecule has 1 fully saturated rings. The number of nitrogens with zero attached hydrogens (tertiary/aromatic N) is 2. The lowest BCUT2D eigenvalue weighted by atomic mass is 10.1. The molecule has 6 nitrogen and oxygen atoms in total. The highest BCUT2D eigenvalue weighted by Crippen LogP contribution is 2.28. The number of ether oxygens (including phenoxy) is 2. The number of aliphatic carboxylic acids is 1. The molecule has 0 spiro atoms. The average Bonchev–Trinajstić information content (AvgIpc) is 2.54. The highest BCUT2D eigenvalue weighted by atomic mass is 35.5. The maximum absolute atomic E-state index is 10.6. The van der Waals surface area contributed by atoms with Crippen molar-refractivity contribution in [2.24, 2.45) is 0 Å². The largest absolute Gasteiger partial charge is 0.493 e. The summed E-state index contributed by atoms with van der Waals surface area (Å²) < 4.78 is 10.6. The molecule has 0 bridgehead atoms. The molecule has 0 aromatic heterocycles. The molecule has 2 rings (SSSR count). The summed E-state index contributed by atoms with van der Waals surface area (Å²) in [6.45, 7) is 5.25. The van der Waals surface area contributed by atoms with Gasteiger partial charge in [0.05, 0.1) is 20.6 Å². The van der Waals surface area contributed by atoms with Gasteiger partial charge in [-0.25, -0.2) is 0 Å². The summed E-state index contributed by atoms with van der Waals surface area (Å²) in [5.74, 6) is 0.762. The van der Waals surface area contributed by atoms with E-state index < -0.39 is 5.97 Å². The summed E-state index contributed by atoms with van der Waals surface area (Å²) in [6, 6.07) is 5.99. The number of carboxylic acids is 1. The third-order valence-electron chi connectivity index (χ3n) is 3.96. The smallest absolute Gasteiger partial charge is 0.304 e. The number of piperazine rings is 1. The molecule has 1 aromatic rings. The first-order valence-electron chi connectivity index (χ1n) is 7.49. The average molecular weight is 345 g/mol. The van der Waals surface area contributed by atoms with E-state index in [0.29, 0.717) is 6.54 Å². The maximum Gasteiger partial charge on any atom is 0.304 e. The van der Waals surface area contributed by atoms with Gasteiger partial charge in [0.2, 0.25) is 0 Å². The Bertz CT molecular complexity index is 505. The van der Waals surface area contributed by atoms with E-state index in [0.717, 1.165) is 44.2 Å². The van der Waals surface area contributed by atoms with Gasteiger partial charge >= 0.3 is 5.97 Å². The zero-order chi connectivity index (χ0) is 15.9. The summed E-state index contributed by atoms with van der Waals surface area (Å²) in [6.07, 6.45) is 0.218. The van der Waals surface area contributed by atoms with Gasteiger partial charge in [0, 0.05) is 39.3 Å². The number of benzene rings is 1. The number of rotatable bonds is 7. The van der Waals surface area contributed by atoms with Crippen molar-refractivity contribution >= 4 is 18.4 Å². The first-order valence-corrected chi connectivity index (χ1v) is 7.49. The monoisotopic (exact) mass is 344 g/mol. The van der Waals surface area contributed by atoms with E-state index in [1.54, 1.807) is 14.2 Å². The van der Waals surface area contributed by atoms with Gasteiger partial charge in [0.25, 0.3) is 0 Å². The molecule has 0 saturated carbocycles. The van der Waals surface area contributed by atoms with Crippen LogP contribution < -0.4 is 9.47 Å². The molecule has 7 heteroatoms. The molecular formula is C16H25ClN2O4. The topological polar surface area (TPSA) is 62.2 Å². The van der Waals surface area contributed by atoms with Crippen molar-refractivity contribution < 1.29 is 19.4 Å². The van der Waals surface area contributed by atoms with Crippen molar-refractivity contribution in [3.63, 3.8) is 0 Å². The highest BCUT2D eigenvalue weighted by Gasteiger charge is 2.18. The van der Waals surface area contributed by atoms with Crippen LogP contribution in [-0.4, -0.2) is 67.8 Å². The molecule has 0 radical (unpaired) electrons. The summed E-state index contributed by atoms with van der Waals surface area (Å²) in [4.78, 5) is 15.2. The molecule has 1 aliphatic heterocycles. The van der Waals surface area contributed by atoms with E-state index in [9.17, 15) is 4.79 Å². The number of hydrogen-bond donors (Lipinski definition) is 1. The van der Waals surface area contributed by atoms with Crippen molar-refractivity contribution in [1.29, 1.82) is 0 Å². The fraction of sp³-hybridized carbons (Fsp3) is 0.562. The van der Waals surface area contributed by atoms with Gasteiger partial charge in [0.1, 0.15) is 0 Å². The third-order valence-corrected chi connectivity index (χ3v) is 3.96. The van der Waals surface area contributed by atoms with E-state index in [-0.39, 0.29) is 18.8 Å². The number of hydrogen-bond acceptors (Lipinski definition) is 5. The second-order valence-corrected chi connectivity index (χ2v) is 5.45. The predicted octanol–water partition coefficient (Wildman–Crippen LogP) is 1.72. The fourth-order valence-corrected chi connectivity index (χ4v) is 2.66. The van der Waals surface area contributed by atoms with Crippen LogP contribution in [0.2, 0.25) is 0 Å². The molecule has 1 aliphatic rings. The minimum atomic E-state index is -0.729. The lowest BCUT2D eigenvalue weighted by Gasteiger charge is -2.34. The van der Waals surface area contributed by atoms with Gasteiger partial charge in [-0.1, -0.05) is 6.07 Å². The van der Waals surface area contributed by atoms with Crippen LogP contribution >= 0.6 is 12.4 Å². The molecule has 0 unspecified atom stereocenters. The van der Waals surface area contributed by atoms with Crippen LogP contribution in [0, 0.1) is 0 Å². The second kappa shape index (κ2) is 9.60. The molecule has 130 valence electrons. The van der Waals surface area contributed by atoms with Crippen LogP contribution in [0.5, 0.6) is 11.5 Å². The minimum Gasteiger partial charge on any atom is -0.493 e. The Morgan fingerprint density at radius 3 is 2.26 bits per heavy atom. The van der Waals surface area contributed by atoms with Gasteiger partial charge in [0.15, 0.2) is 11.5 Å². The summed E-state index contributed by atoms with van der Waals surface area (Å²) in [5.41, 5.74) is 1.19. The third kappa shape index (κ3) is 5.89. The Hall–Kier alpha value is -1.50. The van der Waals surface area contributed by atoms with Gasteiger partial charge in [-0.3, -0.25) is 9.69 Å². The molecule has 0 atom stereocenters. The van der Waals surface area contributed by atoms with E-state index in [4.69, 9.17) is 14.6 Å². The maximum atomic E-state index is 10.6. The van der Waals surface area contributed by atoms with Crippen molar-refractivity contribution in [2.75, 3.05) is 46.9 Å². The van der Waals surface area contributed by atoms with Crippen molar-refractivity contribution in [1.82, 2.24) is 9.80 Å². The normalized spacial score (nSPS) is 15.7. The lowest BCUT2D eigenvalue weighted by Crippen LogP contribution is -2.46. The van der Waals surface area contributed by atoms with E-state index in [1.165, 1.54) is 5.56 Å². The molecule has 1 heterocycles. The molecule has 1 saturated heterocycles. The van der Waals surface area contributed by atoms with Crippen molar-refractivity contribution in [2.45, 2.75) is 13.0 Å². The van der Waals surface area contributed by atoms with E-state index >= 15 is 0 Å². The first-order chi connectivity index (χ1) is 10.6. The van der Waals surface area contributed by atoms with E-state index in [1.807, 2.05) is 12.1 Å². The first kappa shape index (κ1) is 19.5. The predicted molar refractivity (Wildman–Crippen MR) is 90.8 cm³/mol. The number of carbonyl (C=O) groups is 1. The Morgan fingerprint density at radius 1 is 1.09 bits per heavy atom. The summed E-state index contributed by atoms with van der Waals surface area (Å²) in [7, 11) is 3.27. The van der Waals surface area contributed by atoms with Crippen LogP contribution in [0.1, 0.15) is 12.0 Å². The summed E-state index contributed by atoms with van der Waals surface area (Å²) >= 11 is 0. The Kier molecular flexibility index (Phi) is 8.16. The zero-order valence-corrected chi connectivity index (χ0v) is 14.5. The second-order valence-electron chi connectivity index (χ2n) is 5.45. The quantitative estimate of drug-likeness (QED) is 0.812. The zero-order valence-electron chi connectivity index (χ0n) is 13.7. The van der Waals surface area contributed by atoms with Crippen molar-refractivity contribution in [3.8, 4) is 11.5 Å². The molecule has 23 heavy (non-hydrogen) atoms. The van der Waals surface area contributed by atoms with E-state index in [2.05, 4.69) is 15.9 Å². The minimum absolute atomic E-state index is 0. The summed E-state index contributed by atoms with van der Waals surface area (Å²) in [5, 5.41) is 8.72. The molecule has 0 amide bonds. The molecule has 1 aromatic carbocycles. The number of methoxy groups -OCH3 is 2. The molecule has 1 N–H and O–H groups in total. The van der Waals surface area contributed by atoms with Gasteiger partial charge < -0.3 is 19.5 Å². The van der Waals surface area contributed by atoms with Crippen LogP contribution in [-0.2, 0) is 11.3 Å². The highest BCUT2D eigenvalue weighted by molar-refractivity contribution is 5.85. The lowest BCUT2D eigenvalue weighted by molar-refractivity contribution is -0.137. The molecular weight excluding hydrogens is 320 g/mol. The molecule has 0 aliphatic carbocycles. The Labute approximate surface area is 143 Å². The van der Waals surface area contributed by atoms with Crippen molar-refractivity contribution in [3.05, 3.63) is 23.8 Å². The number of carboxylic acid groups (broad SMARTS) is 1. The Balaban J connectivity index is 0.00000264. The fourth-order valence-electron chi connectivity index (χ4n) is 2.66. The van der Waals surface area contributed by atoms with Crippen LogP contribution in [0.4, 0.5) is 0 Å².